The number of hydrogen-bond acceptors (Lipinski definition) is 3. The minimum Gasteiger partial charge on any atom is -0.481 e. The van der Waals surface area contributed by atoms with Gasteiger partial charge in [-0.2, -0.15) is 5.10 Å². The van der Waals surface area contributed by atoms with Gasteiger partial charge in [-0.3, -0.25) is 9.89 Å². The Morgan fingerprint density at radius 3 is 3.06 bits per heavy atom. The lowest BCUT2D eigenvalue weighted by molar-refractivity contribution is -0.138. The number of aliphatic carboxylic acids is 1. The Kier molecular flexibility index (Phi) is 2.71. The zero-order valence-electron chi connectivity index (χ0n) is 9.54. The van der Waals surface area contributed by atoms with Crippen LogP contribution < -0.4 is 0 Å². The molecule has 0 amide bonds. The van der Waals surface area contributed by atoms with Gasteiger partial charge in [0.1, 0.15) is 0 Å². The van der Waals surface area contributed by atoms with Crippen molar-refractivity contribution in [3.63, 3.8) is 0 Å². The maximum absolute atomic E-state index is 10.8. The highest BCUT2D eigenvalue weighted by molar-refractivity contribution is 5.68. The molecule has 0 aliphatic carbocycles. The van der Waals surface area contributed by atoms with Crippen LogP contribution in [0.3, 0.4) is 0 Å². The number of aromatic amines is 1. The predicted molar refractivity (Wildman–Crippen MR) is 57.2 cm³/mol. The van der Waals surface area contributed by atoms with Crippen LogP contribution >= 0.6 is 0 Å². The molecule has 88 valence electrons. The second-order valence-corrected chi connectivity index (χ2v) is 4.79. The SMILES string of the molecule is CC(C)(CC(=O)O)c1n[nH]c2c1COCC2. The Balaban J connectivity index is 2.32. The Hall–Kier alpha value is -1.36. The van der Waals surface area contributed by atoms with E-state index in [-0.39, 0.29) is 6.42 Å². The Morgan fingerprint density at radius 1 is 1.62 bits per heavy atom. The van der Waals surface area contributed by atoms with E-state index < -0.39 is 11.4 Å². The molecule has 0 saturated carbocycles. The first-order valence-corrected chi connectivity index (χ1v) is 5.37. The molecule has 0 bridgehead atoms. The van der Waals surface area contributed by atoms with Crippen molar-refractivity contribution in [3.05, 3.63) is 17.0 Å². The van der Waals surface area contributed by atoms with Gasteiger partial charge in [0, 0.05) is 23.1 Å². The van der Waals surface area contributed by atoms with Gasteiger partial charge in [0.15, 0.2) is 0 Å². The number of carbonyl (C=O) groups is 1. The van der Waals surface area contributed by atoms with Crippen molar-refractivity contribution in [2.75, 3.05) is 6.61 Å². The smallest absolute Gasteiger partial charge is 0.304 e. The monoisotopic (exact) mass is 224 g/mol. The molecule has 1 aromatic heterocycles. The van der Waals surface area contributed by atoms with E-state index in [0.29, 0.717) is 13.2 Å². The molecular weight excluding hydrogens is 208 g/mol. The van der Waals surface area contributed by atoms with Crippen LogP contribution in [0.15, 0.2) is 0 Å². The molecular formula is C11H16N2O3. The summed E-state index contributed by atoms with van der Waals surface area (Å²) in [4.78, 5) is 10.8. The predicted octanol–water partition coefficient (Wildman–Crippen LogP) is 1.23. The number of hydrogen-bond donors (Lipinski definition) is 2. The van der Waals surface area contributed by atoms with Gasteiger partial charge < -0.3 is 9.84 Å². The van der Waals surface area contributed by atoms with E-state index in [0.717, 1.165) is 23.4 Å². The average Bonchev–Trinajstić information content (AvgIpc) is 2.59. The van der Waals surface area contributed by atoms with Crippen LogP contribution in [0.1, 0.15) is 37.2 Å². The van der Waals surface area contributed by atoms with Gasteiger partial charge in [0.2, 0.25) is 0 Å². The van der Waals surface area contributed by atoms with Gasteiger partial charge >= 0.3 is 5.97 Å². The number of nitrogens with one attached hydrogen (secondary N) is 1. The maximum atomic E-state index is 10.8. The number of rotatable bonds is 3. The van der Waals surface area contributed by atoms with E-state index in [1.165, 1.54) is 0 Å². The normalized spacial score (nSPS) is 15.9. The van der Waals surface area contributed by atoms with E-state index in [9.17, 15) is 4.79 Å². The molecule has 5 heteroatoms. The zero-order valence-corrected chi connectivity index (χ0v) is 9.54. The van der Waals surface area contributed by atoms with Crippen LogP contribution in [-0.2, 0) is 28.0 Å². The van der Waals surface area contributed by atoms with E-state index >= 15 is 0 Å². The molecule has 2 heterocycles. The quantitative estimate of drug-likeness (QED) is 0.809. The van der Waals surface area contributed by atoms with Crippen molar-refractivity contribution in [1.29, 1.82) is 0 Å². The van der Waals surface area contributed by atoms with Crippen molar-refractivity contribution >= 4 is 5.97 Å². The molecule has 2 rings (SSSR count). The summed E-state index contributed by atoms with van der Waals surface area (Å²) in [5, 5.41) is 16.1. The van der Waals surface area contributed by atoms with Crippen molar-refractivity contribution in [1.82, 2.24) is 10.2 Å². The van der Waals surface area contributed by atoms with Gasteiger partial charge in [-0.1, -0.05) is 13.8 Å². The lowest BCUT2D eigenvalue weighted by atomic mass is 9.83. The molecule has 1 aliphatic heterocycles. The fraction of sp³-hybridized carbons (Fsp3) is 0.636. The molecule has 1 aliphatic rings. The molecule has 16 heavy (non-hydrogen) atoms. The molecule has 0 fully saturated rings. The first kappa shape index (κ1) is 11.1. The fourth-order valence-electron chi connectivity index (χ4n) is 2.13. The minimum atomic E-state index is -0.807. The molecule has 0 spiro atoms. The molecule has 2 N–H and O–H groups in total. The molecule has 0 aromatic carbocycles. The molecule has 0 atom stereocenters. The van der Waals surface area contributed by atoms with Crippen molar-refractivity contribution < 1.29 is 14.6 Å². The summed E-state index contributed by atoms with van der Waals surface area (Å²) < 4.78 is 5.39. The number of aromatic nitrogens is 2. The van der Waals surface area contributed by atoms with Gasteiger partial charge in [0.25, 0.3) is 0 Å². The number of carboxylic acid groups (broad SMARTS) is 1. The number of nitrogens with zero attached hydrogens (tertiary/aromatic N) is 1. The van der Waals surface area contributed by atoms with Crippen LogP contribution in [0.25, 0.3) is 0 Å². The van der Waals surface area contributed by atoms with Crippen LogP contribution in [0.5, 0.6) is 0 Å². The second kappa shape index (κ2) is 3.90. The number of fused-ring (bicyclic) bond motifs is 1. The Morgan fingerprint density at radius 2 is 2.38 bits per heavy atom. The van der Waals surface area contributed by atoms with Gasteiger partial charge in [0.05, 0.1) is 25.3 Å². The second-order valence-electron chi connectivity index (χ2n) is 4.79. The fourth-order valence-corrected chi connectivity index (χ4v) is 2.13. The highest BCUT2D eigenvalue weighted by Gasteiger charge is 2.31. The molecule has 0 unspecified atom stereocenters. The topological polar surface area (TPSA) is 75.2 Å². The van der Waals surface area contributed by atoms with Crippen LogP contribution in [-0.4, -0.2) is 27.9 Å². The summed E-state index contributed by atoms with van der Waals surface area (Å²) >= 11 is 0. The Bertz CT molecular complexity index is 409. The average molecular weight is 224 g/mol. The van der Waals surface area contributed by atoms with Crippen LogP contribution in [0, 0.1) is 0 Å². The lowest BCUT2D eigenvalue weighted by Crippen LogP contribution is -2.24. The third-order valence-electron chi connectivity index (χ3n) is 2.93. The van der Waals surface area contributed by atoms with Gasteiger partial charge in [-0.25, -0.2) is 0 Å². The first-order chi connectivity index (χ1) is 7.50. The zero-order chi connectivity index (χ0) is 11.8. The third-order valence-corrected chi connectivity index (χ3v) is 2.93. The Labute approximate surface area is 93.8 Å². The van der Waals surface area contributed by atoms with Crippen LogP contribution in [0.4, 0.5) is 0 Å². The van der Waals surface area contributed by atoms with E-state index in [1.807, 2.05) is 13.8 Å². The standard InChI is InChI=1S/C11H16N2O3/c1-11(2,5-9(14)15)10-7-6-16-4-3-8(7)12-13-10/h3-6H2,1-2H3,(H,12,13)(H,14,15). The summed E-state index contributed by atoms with van der Waals surface area (Å²) in [6.45, 7) is 5.02. The highest BCUT2D eigenvalue weighted by Crippen LogP contribution is 2.31. The number of ether oxygens (including phenoxy) is 1. The maximum Gasteiger partial charge on any atom is 0.304 e. The minimum absolute atomic E-state index is 0.0737. The summed E-state index contributed by atoms with van der Waals surface area (Å²) in [6, 6.07) is 0. The summed E-state index contributed by atoms with van der Waals surface area (Å²) in [6.07, 6.45) is 0.899. The first-order valence-electron chi connectivity index (χ1n) is 5.37. The van der Waals surface area contributed by atoms with Gasteiger partial charge in [-0.05, 0) is 0 Å². The lowest BCUT2D eigenvalue weighted by Gasteiger charge is -2.23. The number of H-pyrrole nitrogens is 1. The van der Waals surface area contributed by atoms with Gasteiger partial charge in [-0.15, -0.1) is 0 Å². The van der Waals surface area contributed by atoms with Crippen molar-refractivity contribution in [2.45, 2.75) is 38.7 Å². The molecule has 0 saturated heterocycles. The van der Waals surface area contributed by atoms with E-state index in [1.54, 1.807) is 0 Å². The summed E-state index contributed by atoms with van der Waals surface area (Å²) in [5.74, 6) is -0.807. The summed E-state index contributed by atoms with van der Waals surface area (Å²) in [5.41, 5.74) is 2.48. The van der Waals surface area contributed by atoms with Crippen molar-refractivity contribution in [3.8, 4) is 0 Å². The summed E-state index contributed by atoms with van der Waals surface area (Å²) in [7, 11) is 0. The highest BCUT2D eigenvalue weighted by atomic mass is 16.5. The molecule has 5 nitrogen and oxygen atoms in total. The van der Waals surface area contributed by atoms with E-state index in [2.05, 4.69) is 10.2 Å². The number of carboxylic acids is 1. The largest absolute Gasteiger partial charge is 0.481 e. The van der Waals surface area contributed by atoms with Crippen molar-refractivity contribution in [2.24, 2.45) is 0 Å². The van der Waals surface area contributed by atoms with E-state index in [4.69, 9.17) is 9.84 Å². The molecule has 1 aromatic rings. The molecule has 0 radical (unpaired) electrons. The van der Waals surface area contributed by atoms with Crippen LogP contribution in [0.2, 0.25) is 0 Å². The third kappa shape index (κ3) is 1.95.